The minimum atomic E-state index is 0.0880. The van der Waals surface area contributed by atoms with Gasteiger partial charge in [0, 0.05) is 12.4 Å². The van der Waals surface area contributed by atoms with Crippen LogP contribution in [0.5, 0.6) is 0 Å². The number of aromatic amines is 1. The normalized spacial score (nSPS) is 12.8. The van der Waals surface area contributed by atoms with Crippen LogP contribution >= 0.6 is 0 Å². The highest BCUT2D eigenvalue weighted by atomic mass is 14.9. The van der Waals surface area contributed by atoms with Crippen LogP contribution in [-0.4, -0.2) is 9.97 Å². The van der Waals surface area contributed by atoms with E-state index in [0.717, 1.165) is 12.2 Å². The highest BCUT2D eigenvalue weighted by Gasteiger charge is 2.06. The van der Waals surface area contributed by atoms with Crippen molar-refractivity contribution in [3.63, 3.8) is 0 Å². The Balaban J connectivity index is 1.90. The predicted molar refractivity (Wildman–Crippen MR) is 72.7 cm³/mol. The van der Waals surface area contributed by atoms with Crippen LogP contribution < -0.4 is 5.73 Å². The SMILES string of the molecule is CCCCCCCCCCC(N)c1ncc[nH]1. The summed E-state index contributed by atoms with van der Waals surface area (Å²) >= 11 is 0. The Morgan fingerprint density at radius 2 is 1.76 bits per heavy atom. The number of nitrogens with two attached hydrogens (primary N) is 1. The summed E-state index contributed by atoms with van der Waals surface area (Å²) in [6, 6.07) is 0.0880. The van der Waals surface area contributed by atoms with Crippen molar-refractivity contribution < 1.29 is 0 Å². The highest BCUT2D eigenvalue weighted by molar-refractivity contribution is 4.93. The van der Waals surface area contributed by atoms with Crippen LogP contribution in [-0.2, 0) is 0 Å². The molecule has 0 aromatic carbocycles. The lowest BCUT2D eigenvalue weighted by Gasteiger charge is -2.08. The third-order valence-electron chi connectivity index (χ3n) is 3.24. The van der Waals surface area contributed by atoms with E-state index in [0.29, 0.717) is 0 Å². The lowest BCUT2D eigenvalue weighted by Crippen LogP contribution is -2.11. The average molecular weight is 237 g/mol. The summed E-state index contributed by atoms with van der Waals surface area (Å²) in [6.07, 6.45) is 15.4. The van der Waals surface area contributed by atoms with Gasteiger partial charge in [-0.3, -0.25) is 0 Å². The van der Waals surface area contributed by atoms with Gasteiger partial charge in [-0.05, 0) is 6.42 Å². The first-order valence-electron chi connectivity index (χ1n) is 7.09. The van der Waals surface area contributed by atoms with Crippen LogP contribution in [0.4, 0.5) is 0 Å². The van der Waals surface area contributed by atoms with Gasteiger partial charge in [0.1, 0.15) is 5.82 Å². The second-order valence-corrected chi connectivity index (χ2v) is 4.84. The van der Waals surface area contributed by atoms with Gasteiger partial charge in [0.25, 0.3) is 0 Å². The second-order valence-electron chi connectivity index (χ2n) is 4.84. The van der Waals surface area contributed by atoms with Crippen molar-refractivity contribution in [1.29, 1.82) is 0 Å². The van der Waals surface area contributed by atoms with Gasteiger partial charge in [0.05, 0.1) is 6.04 Å². The first kappa shape index (κ1) is 14.2. The van der Waals surface area contributed by atoms with Crippen molar-refractivity contribution in [3.05, 3.63) is 18.2 Å². The van der Waals surface area contributed by atoms with Gasteiger partial charge in [0.15, 0.2) is 0 Å². The van der Waals surface area contributed by atoms with Gasteiger partial charge in [-0.15, -0.1) is 0 Å². The van der Waals surface area contributed by atoms with Gasteiger partial charge in [-0.25, -0.2) is 4.98 Å². The number of hydrogen-bond acceptors (Lipinski definition) is 2. The molecule has 0 spiro atoms. The number of H-pyrrole nitrogens is 1. The molecule has 1 aromatic rings. The third kappa shape index (κ3) is 6.47. The summed E-state index contributed by atoms with van der Waals surface area (Å²) in [6.45, 7) is 2.26. The van der Waals surface area contributed by atoms with Crippen LogP contribution in [0.2, 0.25) is 0 Å². The molecule has 1 heterocycles. The number of nitrogens with one attached hydrogen (secondary N) is 1. The monoisotopic (exact) mass is 237 g/mol. The van der Waals surface area contributed by atoms with E-state index in [4.69, 9.17) is 5.73 Å². The van der Waals surface area contributed by atoms with Crippen molar-refractivity contribution in [1.82, 2.24) is 9.97 Å². The fourth-order valence-electron chi connectivity index (χ4n) is 2.12. The van der Waals surface area contributed by atoms with E-state index in [2.05, 4.69) is 16.9 Å². The molecule has 0 amide bonds. The minimum Gasteiger partial charge on any atom is -0.347 e. The van der Waals surface area contributed by atoms with E-state index >= 15 is 0 Å². The zero-order valence-corrected chi connectivity index (χ0v) is 11.1. The molecule has 0 aliphatic carbocycles. The van der Waals surface area contributed by atoms with Gasteiger partial charge < -0.3 is 10.7 Å². The lowest BCUT2D eigenvalue weighted by molar-refractivity contribution is 0.527. The first-order chi connectivity index (χ1) is 8.34. The van der Waals surface area contributed by atoms with E-state index in [1.54, 1.807) is 6.20 Å². The Hall–Kier alpha value is -0.830. The molecule has 0 aliphatic heterocycles. The molecule has 0 fully saturated rings. The molecular formula is C14H27N3. The smallest absolute Gasteiger partial charge is 0.123 e. The maximum absolute atomic E-state index is 6.03. The Morgan fingerprint density at radius 1 is 1.12 bits per heavy atom. The van der Waals surface area contributed by atoms with Crippen molar-refractivity contribution in [2.24, 2.45) is 5.73 Å². The minimum absolute atomic E-state index is 0.0880. The molecule has 0 bridgehead atoms. The summed E-state index contributed by atoms with van der Waals surface area (Å²) in [7, 11) is 0. The fourth-order valence-corrected chi connectivity index (χ4v) is 2.12. The Bertz CT molecular complexity index is 256. The maximum atomic E-state index is 6.03. The van der Waals surface area contributed by atoms with Gasteiger partial charge in [-0.1, -0.05) is 58.3 Å². The number of unbranched alkanes of at least 4 members (excludes halogenated alkanes) is 7. The zero-order chi connectivity index (χ0) is 12.3. The van der Waals surface area contributed by atoms with E-state index in [-0.39, 0.29) is 6.04 Å². The zero-order valence-electron chi connectivity index (χ0n) is 11.1. The van der Waals surface area contributed by atoms with Gasteiger partial charge >= 0.3 is 0 Å². The Kier molecular flexibility index (Phi) is 7.72. The molecule has 1 unspecified atom stereocenters. The maximum Gasteiger partial charge on any atom is 0.123 e. The van der Waals surface area contributed by atoms with Crippen LogP contribution in [0.15, 0.2) is 12.4 Å². The molecule has 1 aromatic heterocycles. The second kappa shape index (κ2) is 9.23. The standard InChI is InChI=1S/C14H27N3/c1-2-3-4-5-6-7-8-9-10-13(15)14-16-11-12-17-14/h11-13H,2-10,15H2,1H3,(H,16,17). The van der Waals surface area contributed by atoms with Crippen LogP contribution in [0.1, 0.15) is 76.6 Å². The Labute approximate surface area is 105 Å². The molecule has 0 saturated carbocycles. The quantitative estimate of drug-likeness (QED) is 0.606. The fraction of sp³-hybridized carbons (Fsp3) is 0.786. The molecule has 1 atom stereocenters. The molecule has 1 rings (SSSR count). The average Bonchev–Trinajstić information content (AvgIpc) is 2.86. The van der Waals surface area contributed by atoms with E-state index < -0.39 is 0 Å². The third-order valence-corrected chi connectivity index (χ3v) is 3.24. The largest absolute Gasteiger partial charge is 0.347 e. The van der Waals surface area contributed by atoms with E-state index in [9.17, 15) is 0 Å². The molecular weight excluding hydrogens is 210 g/mol. The van der Waals surface area contributed by atoms with Gasteiger partial charge in [-0.2, -0.15) is 0 Å². The van der Waals surface area contributed by atoms with Crippen LogP contribution in [0.3, 0.4) is 0 Å². The number of rotatable bonds is 10. The first-order valence-corrected chi connectivity index (χ1v) is 7.09. The molecule has 3 N–H and O–H groups in total. The van der Waals surface area contributed by atoms with Gasteiger partial charge in [0.2, 0.25) is 0 Å². The van der Waals surface area contributed by atoms with Crippen LogP contribution in [0.25, 0.3) is 0 Å². The van der Waals surface area contributed by atoms with Crippen LogP contribution in [0, 0.1) is 0 Å². The summed E-state index contributed by atoms with van der Waals surface area (Å²) in [5, 5.41) is 0. The van der Waals surface area contributed by atoms with Crippen molar-refractivity contribution in [2.45, 2.75) is 70.8 Å². The van der Waals surface area contributed by atoms with E-state index in [1.165, 1.54) is 51.4 Å². The molecule has 0 radical (unpaired) electrons. The summed E-state index contributed by atoms with van der Waals surface area (Å²) in [5.41, 5.74) is 6.03. The molecule has 17 heavy (non-hydrogen) atoms. The molecule has 0 aliphatic rings. The van der Waals surface area contributed by atoms with E-state index in [1.807, 2.05) is 6.20 Å². The highest BCUT2D eigenvalue weighted by Crippen LogP contribution is 2.15. The number of imidazole rings is 1. The molecule has 3 nitrogen and oxygen atoms in total. The Morgan fingerprint density at radius 3 is 2.35 bits per heavy atom. The lowest BCUT2D eigenvalue weighted by atomic mass is 10.0. The van der Waals surface area contributed by atoms with Crippen molar-refractivity contribution in [2.75, 3.05) is 0 Å². The van der Waals surface area contributed by atoms with Crippen molar-refractivity contribution >= 4 is 0 Å². The number of hydrogen-bond donors (Lipinski definition) is 2. The summed E-state index contributed by atoms with van der Waals surface area (Å²) < 4.78 is 0. The molecule has 3 heteroatoms. The number of nitrogens with zero attached hydrogens (tertiary/aromatic N) is 1. The van der Waals surface area contributed by atoms with Crippen molar-refractivity contribution in [3.8, 4) is 0 Å². The summed E-state index contributed by atoms with van der Waals surface area (Å²) in [5.74, 6) is 0.924. The topological polar surface area (TPSA) is 54.7 Å². The summed E-state index contributed by atoms with van der Waals surface area (Å²) in [4.78, 5) is 7.26. The molecule has 0 saturated heterocycles. The predicted octanol–water partition coefficient (Wildman–Crippen LogP) is 3.94. The molecule has 98 valence electrons. The number of aromatic nitrogens is 2.